The summed E-state index contributed by atoms with van der Waals surface area (Å²) in [6, 6.07) is 2.01. The third kappa shape index (κ3) is 3.02. The Labute approximate surface area is 118 Å². The van der Waals surface area contributed by atoms with Crippen LogP contribution in [-0.2, 0) is 11.3 Å². The molecule has 1 aliphatic rings. The zero-order valence-corrected chi connectivity index (χ0v) is 11.8. The number of H-pyrrole nitrogens is 1. The molecule has 106 valence electrons. The highest BCUT2D eigenvalue weighted by atomic mass is 16.5. The van der Waals surface area contributed by atoms with Crippen LogP contribution in [0.2, 0.25) is 0 Å². The van der Waals surface area contributed by atoms with E-state index >= 15 is 0 Å². The summed E-state index contributed by atoms with van der Waals surface area (Å²) < 4.78 is 5.87. The summed E-state index contributed by atoms with van der Waals surface area (Å²) in [4.78, 5) is 18.4. The molecular weight excluding hydrogens is 254 g/mol. The molecule has 2 aromatic rings. The second-order valence-electron chi connectivity index (χ2n) is 5.15. The van der Waals surface area contributed by atoms with Crippen molar-refractivity contribution in [2.24, 2.45) is 0 Å². The Morgan fingerprint density at radius 2 is 2.30 bits per heavy atom. The zero-order valence-electron chi connectivity index (χ0n) is 11.8. The number of rotatable bonds is 3. The molecule has 6 nitrogen and oxygen atoms in total. The monoisotopic (exact) mass is 273 g/mol. The Hall–Kier alpha value is -1.79. The average molecular weight is 273 g/mol. The van der Waals surface area contributed by atoms with Crippen LogP contribution in [0.5, 0.6) is 0 Å². The maximum Gasteiger partial charge on any atom is 0.125 e. The van der Waals surface area contributed by atoms with Crippen LogP contribution in [0.3, 0.4) is 0 Å². The Morgan fingerprint density at radius 3 is 3.05 bits per heavy atom. The lowest BCUT2D eigenvalue weighted by molar-refractivity contribution is -0.0354. The van der Waals surface area contributed by atoms with Gasteiger partial charge < -0.3 is 9.72 Å². The van der Waals surface area contributed by atoms with Gasteiger partial charge in [-0.05, 0) is 19.9 Å². The standard InChI is InChI=1S/C14H19N5O/c1-10-5-13(18-11(2)17-10)14-8-19(3-4-20-14)7-12-6-15-9-16-12/h5-6,9,14H,3-4,7-8H2,1-2H3,(H,15,16)/t14-/m1/s1. The molecular formula is C14H19N5O. The predicted molar refractivity (Wildman–Crippen MR) is 74.1 cm³/mol. The number of nitrogens with one attached hydrogen (secondary N) is 1. The van der Waals surface area contributed by atoms with Crippen LogP contribution in [-0.4, -0.2) is 44.5 Å². The highest BCUT2D eigenvalue weighted by Gasteiger charge is 2.23. The van der Waals surface area contributed by atoms with E-state index in [-0.39, 0.29) is 6.10 Å². The molecule has 0 spiro atoms. The van der Waals surface area contributed by atoms with Crippen molar-refractivity contribution < 1.29 is 4.74 Å². The number of aryl methyl sites for hydroxylation is 2. The van der Waals surface area contributed by atoms with Crippen molar-refractivity contribution in [1.29, 1.82) is 0 Å². The maximum absolute atomic E-state index is 5.87. The van der Waals surface area contributed by atoms with Gasteiger partial charge in [0, 0.05) is 37.2 Å². The zero-order chi connectivity index (χ0) is 13.9. The summed E-state index contributed by atoms with van der Waals surface area (Å²) in [5.41, 5.74) is 3.09. The van der Waals surface area contributed by atoms with Gasteiger partial charge in [-0.3, -0.25) is 4.90 Å². The molecule has 1 fully saturated rings. The normalized spacial score (nSPS) is 20.2. The molecule has 0 aliphatic carbocycles. The fourth-order valence-electron chi connectivity index (χ4n) is 2.55. The molecule has 0 amide bonds. The van der Waals surface area contributed by atoms with Crippen molar-refractivity contribution in [2.45, 2.75) is 26.5 Å². The number of morpholine rings is 1. The van der Waals surface area contributed by atoms with E-state index in [4.69, 9.17) is 4.74 Å². The molecule has 0 unspecified atom stereocenters. The van der Waals surface area contributed by atoms with Crippen molar-refractivity contribution in [3.05, 3.63) is 41.5 Å². The van der Waals surface area contributed by atoms with Crippen LogP contribution in [0.1, 0.15) is 29.0 Å². The number of ether oxygens (including phenoxy) is 1. The van der Waals surface area contributed by atoms with Crippen LogP contribution in [0.4, 0.5) is 0 Å². The number of hydrogen-bond acceptors (Lipinski definition) is 5. The van der Waals surface area contributed by atoms with Gasteiger partial charge in [-0.25, -0.2) is 15.0 Å². The lowest BCUT2D eigenvalue weighted by atomic mass is 10.1. The molecule has 0 saturated carbocycles. The average Bonchev–Trinajstić information content (AvgIpc) is 2.91. The highest BCUT2D eigenvalue weighted by Crippen LogP contribution is 2.22. The summed E-state index contributed by atoms with van der Waals surface area (Å²) in [5, 5.41) is 0. The van der Waals surface area contributed by atoms with E-state index < -0.39 is 0 Å². The second-order valence-corrected chi connectivity index (χ2v) is 5.15. The molecule has 2 aromatic heterocycles. The first-order chi connectivity index (χ1) is 9.70. The Bertz CT molecular complexity index is 549. The van der Waals surface area contributed by atoms with Gasteiger partial charge in [0.2, 0.25) is 0 Å². The first kappa shape index (κ1) is 13.2. The molecule has 1 saturated heterocycles. The molecule has 6 heteroatoms. The number of nitrogens with zero attached hydrogens (tertiary/aromatic N) is 4. The molecule has 1 N–H and O–H groups in total. The summed E-state index contributed by atoms with van der Waals surface area (Å²) in [5.74, 6) is 0.800. The van der Waals surface area contributed by atoms with Crippen molar-refractivity contribution in [2.75, 3.05) is 19.7 Å². The minimum Gasteiger partial charge on any atom is -0.369 e. The molecule has 0 aromatic carbocycles. The Kier molecular flexibility index (Phi) is 3.75. The van der Waals surface area contributed by atoms with E-state index in [1.54, 1.807) is 6.33 Å². The number of aromatic amines is 1. The van der Waals surface area contributed by atoms with Crippen molar-refractivity contribution >= 4 is 0 Å². The minimum absolute atomic E-state index is 0.0204. The van der Waals surface area contributed by atoms with Gasteiger partial charge >= 0.3 is 0 Å². The maximum atomic E-state index is 5.87. The Balaban J connectivity index is 1.71. The van der Waals surface area contributed by atoms with Gasteiger partial charge in [0.25, 0.3) is 0 Å². The molecule has 0 bridgehead atoms. The van der Waals surface area contributed by atoms with Gasteiger partial charge in [0.15, 0.2) is 0 Å². The van der Waals surface area contributed by atoms with E-state index in [1.165, 1.54) is 0 Å². The molecule has 20 heavy (non-hydrogen) atoms. The summed E-state index contributed by atoms with van der Waals surface area (Å²) in [7, 11) is 0. The SMILES string of the molecule is Cc1cc([C@H]2CN(Cc3cnc[nH]3)CCO2)nc(C)n1. The topological polar surface area (TPSA) is 66.9 Å². The van der Waals surface area contributed by atoms with Crippen molar-refractivity contribution in [3.8, 4) is 0 Å². The quantitative estimate of drug-likeness (QED) is 0.915. The molecule has 3 rings (SSSR count). The fraction of sp³-hybridized carbons (Fsp3) is 0.500. The van der Waals surface area contributed by atoms with E-state index in [1.807, 2.05) is 26.1 Å². The van der Waals surface area contributed by atoms with E-state index in [0.29, 0.717) is 0 Å². The molecule has 3 heterocycles. The van der Waals surface area contributed by atoms with Crippen LogP contribution in [0.25, 0.3) is 0 Å². The second kappa shape index (κ2) is 5.68. The smallest absolute Gasteiger partial charge is 0.125 e. The minimum atomic E-state index is 0.0204. The van der Waals surface area contributed by atoms with Crippen LogP contribution in [0.15, 0.2) is 18.6 Å². The van der Waals surface area contributed by atoms with Gasteiger partial charge in [0.1, 0.15) is 11.9 Å². The number of imidazole rings is 1. The number of hydrogen-bond donors (Lipinski definition) is 1. The lowest BCUT2D eigenvalue weighted by Gasteiger charge is -2.32. The summed E-state index contributed by atoms with van der Waals surface area (Å²) in [6.45, 7) is 7.27. The van der Waals surface area contributed by atoms with Crippen LogP contribution >= 0.6 is 0 Å². The van der Waals surface area contributed by atoms with Crippen LogP contribution < -0.4 is 0 Å². The lowest BCUT2D eigenvalue weighted by Crippen LogP contribution is -2.38. The third-order valence-corrected chi connectivity index (χ3v) is 3.42. The van der Waals surface area contributed by atoms with Gasteiger partial charge in [0.05, 0.1) is 18.6 Å². The van der Waals surface area contributed by atoms with Gasteiger partial charge in [-0.15, -0.1) is 0 Å². The summed E-state index contributed by atoms with van der Waals surface area (Å²) >= 11 is 0. The molecule has 1 atom stereocenters. The highest BCUT2D eigenvalue weighted by molar-refractivity contribution is 5.13. The van der Waals surface area contributed by atoms with E-state index in [2.05, 4.69) is 24.8 Å². The van der Waals surface area contributed by atoms with Gasteiger partial charge in [-0.2, -0.15) is 0 Å². The third-order valence-electron chi connectivity index (χ3n) is 3.42. The first-order valence-electron chi connectivity index (χ1n) is 6.84. The summed E-state index contributed by atoms with van der Waals surface area (Å²) in [6.07, 6.45) is 3.60. The van der Waals surface area contributed by atoms with E-state index in [9.17, 15) is 0 Å². The number of aromatic nitrogens is 4. The largest absolute Gasteiger partial charge is 0.369 e. The van der Waals surface area contributed by atoms with Gasteiger partial charge in [-0.1, -0.05) is 0 Å². The molecule has 0 radical (unpaired) electrons. The van der Waals surface area contributed by atoms with Crippen LogP contribution in [0, 0.1) is 13.8 Å². The van der Waals surface area contributed by atoms with Crippen molar-refractivity contribution in [1.82, 2.24) is 24.8 Å². The Morgan fingerprint density at radius 1 is 1.40 bits per heavy atom. The van der Waals surface area contributed by atoms with Crippen molar-refractivity contribution in [3.63, 3.8) is 0 Å². The molecule has 1 aliphatic heterocycles. The van der Waals surface area contributed by atoms with E-state index in [0.717, 1.165) is 49.1 Å². The first-order valence-corrected chi connectivity index (χ1v) is 6.84. The fourth-order valence-corrected chi connectivity index (χ4v) is 2.55. The predicted octanol–water partition coefficient (Wildman–Crippen LogP) is 1.39.